The number of ether oxygens (including phenoxy) is 3. The molecule has 0 bridgehead atoms. The molecule has 1 atom stereocenters. The molecule has 0 saturated heterocycles. The standard InChI is InChI=1S/C16H20O5/c1-4-5-8-21-16(18)11-9-10-6-7-12(19-2)15(20-3)13(10)14(11)17/h6-7,11H,4-5,8-9H2,1-3H3. The predicted octanol–water partition coefficient (Wildman–Crippen LogP) is 2.40. The first kappa shape index (κ1) is 15.4. The summed E-state index contributed by atoms with van der Waals surface area (Å²) in [4.78, 5) is 24.5. The Balaban J connectivity index is 2.22. The number of carbonyl (C=O) groups is 2. The van der Waals surface area contributed by atoms with E-state index in [0.717, 1.165) is 18.4 Å². The third-order valence-electron chi connectivity index (χ3n) is 3.65. The van der Waals surface area contributed by atoms with Gasteiger partial charge in [0.25, 0.3) is 0 Å². The Morgan fingerprint density at radius 1 is 1.29 bits per heavy atom. The molecule has 114 valence electrons. The van der Waals surface area contributed by atoms with E-state index in [1.807, 2.05) is 6.92 Å². The number of Topliss-reactive ketones (excluding diaryl/α,β-unsaturated/α-hetero) is 1. The van der Waals surface area contributed by atoms with E-state index in [1.54, 1.807) is 12.1 Å². The molecule has 5 nitrogen and oxygen atoms in total. The second kappa shape index (κ2) is 6.61. The van der Waals surface area contributed by atoms with Crippen molar-refractivity contribution in [2.24, 2.45) is 5.92 Å². The van der Waals surface area contributed by atoms with Gasteiger partial charge in [0.2, 0.25) is 0 Å². The van der Waals surface area contributed by atoms with Gasteiger partial charge in [0.1, 0.15) is 5.92 Å². The second-order valence-corrected chi connectivity index (χ2v) is 4.98. The number of esters is 1. The maximum absolute atomic E-state index is 12.5. The summed E-state index contributed by atoms with van der Waals surface area (Å²) in [5.41, 5.74) is 1.24. The normalized spacial score (nSPS) is 16.5. The molecule has 0 N–H and O–H groups in total. The number of fused-ring (bicyclic) bond motifs is 1. The third-order valence-corrected chi connectivity index (χ3v) is 3.65. The lowest BCUT2D eigenvalue weighted by Crippen LogP contribution is -2.23. The Hall–Kier alpha value is -2.04. The zero-order valence-electron chi connectivity index (χ0n) is 12.6. The predicted molar refractivity (Wildman–Crippen MR) is 76.9 cm³/mol. The molecular weight excluding hydrogens is 272 g/mol. The van der Waals surface area contributed by atoms with Crippen molar-refractivity contribution in [3.63, 3.8) is 0 Å². The van der Waals surface area contributed by atoms with Gasteiger partial charge in [-0.3, -0.25) is 9.59 Å². The molecule has 1 unspecified atom stereocenters. The number of benzene rings is 1. The van der Waals surface area contributed by atoms with E-state index in [1.165, 1.54) is 14.2 Å². The molecule has 0 aliphatic heterocycles. The van der Waals surface area contributed by atoms with Crippen molar-refractivity contribution in [1.82, 2.24) is 0 Å². The molecule has 1 aromatic carbocycles. The summed E-state index contributed by atoms with van der Waals surface area (Å²) in [7, 11) is 3.00. The largest absolute Gasteiger partial charge is 0.493 e. The lowest BCUT2D eigenvalue weighted by Gasteiger charge is -2.11. The molecule has 0 saturated carbocycles. The summed E-state index contributed by atoms with van der Waals surface area (Å²) in [5, 5.41) is 0. The van der Waals surface area contributed by atoms with Gasteiger partial charge < -0.3 is 14.2 Å². The van der Waals surface area contributed by atoms with Crippen molar-refractivity contribution in [2.75, 3.05) is 20.8 Å². The molecule has 1 aromatic rings. The van der Waals surface area contributed by atoms with E-state index >= 15 is 0 Å². The highest BCUT2D eigenvalue weighted by atomic mass is 16.5. The maximum Gasteiger partial charge on any atom is 0.317 e. The minimum atomic E-state index is -0.766. The van der Waals surface area contributed by atoms with Gasteiger partial charge in [0.05, 0.1) is 26.4 Å². The number of unbranched alkanes of at least 4 members (excludes halogenated alkanes) is 1. The fourth-order valence-corrected chi connectivity index (χ4v) is 2.50. The van der Waals surface area contributed by atoms with Crippen molar-refractivity contribution in [1.29, 1.82) is 0 Å². The minimum Gasteiger partial charge on any atom is -0.493 e. The molecule has 0 radical (unpaired) electrons. The van der Waals surface area contributed by atoms with Gasteiger partial charge in [-0.1, -0.05) is 19.4 Å². The van der Waals surface area contributed by atoms with Crippen LogP contribution in [-0.2, 0) is 16.0 Å². The van der Waals surface area contributed by atoms with E-state index in [9.17, 15) is 9.59 Å². The summed E-state index contributed by atoms with van der Waals surface area (Å²) in [6.45, 7) is 2.37. The van der Waals surface area contributed by atoms with Crippen LogP contribution in [-0.4, -0.2) is 32.6 Å². The van der Waals surface area contributed by atoms with Gasteiger partial charge in [0.15, 0.2) is 17.3 Å². The van der Waals surface area contributed by atoms with Crippen molar-refractivity contribution >= 4 is 11.8 Å². The first-order chi connectivity index (χ1) is 10.1. The Bertz CT molecular complexity index is 550. The summed E-state index contributed by atoms with van der Waals surface area (Å²) < 4.78 is 15.6. The monoisotopic (exact) mass is 292 g/mol. The molecule has 21 heavy (non-hydrogen) atoms. The highest BCUT2D eigenvalue weighted by molar-refractivity contribution is 6.14. The number of rotatable bonds is 6. The third kappa shape index (κ3) is 2.86. The molecule has 0 amide bonds. The van der Waals surface area contributed by atoms with Crippen LogP contribution < -0.4 is 9.47 Å². The molecular formula is C16H20O5. The SMILES string of the molecule is CCCCOC(=O)C1Cc2ccc(OC)c(OC)c2C1=O. The van der Waals surface area contributed by atoms with Crippen molar-refractivity contribution in [2.45, 2.75) is 26.2 Å². The average molecular weight is 292 g/mol. The molecule has 0 aromatic heterocycles. The highest BCUT2D eigenvalue weighted by Gasteiger charge is 2.40. The quantitative estimate of drug-likeness (QED) is 0.458. The van der Waals surface area contributed by atoms with E-state index in [4.69, 9.17) is 14.2 Å². The Morgan fingerprint density at radius 2 is 2.05 bits per heavy atom. The number of hydrogen-bond donors (Lipinski definition) is 0. The maximum atomic E-state index is 12.5. The molecule has 2 rings (SSSR count). The second-order valence-electron chi connectivity index (χ2n) is 4.98. The smallest absolute Gasteiger partial charge is 0.317 e. The zero-order valence-corrected chi connectivity index (χ0v) is 12.6. The average Bonchev–Trinajstić information content (AvgIpc) is 2.83. The summed E-state index contributed by atoms with van der Waals surface area (Å²) in [6, 6.07) is 3.55. The fourth-order valence-electron chi connectivity index (χ4n) is 2.50. The fraction of sp³-hybridized carbons (Fsp3) is 0.500. The van der Waals surface area contributed by atoms with Gasteiger partial charge >= 0.3 is 5.97 Å². The summed E-state index contributed by atoms with van der Waals surface area (Å²) >= 11 is 0. The number of hydrogen-bond acceptors (Lipinski definition) is 5. The van der Waals surface area contributed by atoms with Gasteiger partial charge in [-0.2, -0.15) is 0 Å². The Kier molecular flexibility index (Phi) is 4.83. The van der Waals surface area contributed by atoms with Crippen molar-refractivity contribution in [3.8, 4) is 11.5 Å². The van der Waals surface area contributed by atoms with Gasteiger partial charge in [-0.25, -0.2) is 0 Å². The van der Waals surface area contributed by atoms with Crippen LogP contribution in [0.1, 0.15) is 35.7 Å². The van der Waals surface area contributed by atoms with Crippen molar-refractivity contribution in [3.05, 3.63) is 23.3 Å². The molecule has 0 fully saturated rings. The van der Waals surface area contributed by atoms with Crippen LogP contribution >= 0.6 is 0 Å². The summed E-state index contributed by atoms with van der Waals surface area (Å²) in [6.07, 6.45) is 2.10. The van der Waals surface area contributed by atoms with E-state index in [0.29, 0.717) is 30.1 Å². The van der Waals surface area contributed by atoms with Crippen LogP contribution in [0.3, 0.4) is 0 Å². The van der Waals surface area contributed by atoms with Crippen LogP contribution in [0.4, 0.5) is 0 Å². The van der Waals surface area contributed by atoms with Crippen LogP contribution in [0.15, 0.2) is 12.1 Å². The van der Waals surface area contributed by atoms with Crippen molar-refractivity contribution < 1.29 is 23.8 Å². The van der Waals surface area contributed by atoms with Crippen LogP contribution in [0.2, 0.25) is 0 Å². The topological polar surface area (TPSA) is 61.8 Å². The van der Waals surface area contributed by atoms with Gasteiger partial charge in [0, 0.05) is 0 Å². The number of ketones is 1. The van der Waals surface area contributed by atoms with Crippen LogP contribution in [0, 0.1) is 5.92 Å². The van der Waals surface area contributed by atoms with E-state index in [2.05, 4.69) is 0 Å². The first-order valence-electron chi connectivity index (χ1n) is 7.08. The molecule has 0 spiro atoms. The zero-order chi connectivity index (χ0) is 15.4. The van der Waals surface area contributed by atoms with E-state index in [-0.39, 0.29) is 5.78 Å². The molecule has 0 heterocycles. The highest BCUT2D eigenvalue weighted by Crippen LogP contribution is 2.40. The lowest BCUT2D eigenvalue weighted by atomic mass is 10.1. The Labute approximate surface area is 124 Å². The molecule has 1 aliphatic carbocycles. The van der Waals surface area contributed by atoms with E-state index < -0.39 is 11.9 Å². The number of carbonyl (C=O) groups excluding carboxylic acids is 2. The molecule has 1 aliphatic rings. The van der Waals surface area contributed by atoms with Crippen LogP contribution in [0.25, 0.3) is 0 Å². The summed E-state index contributed by atoms with van der Waals surface area (Å²) in [5.74, 6) is -0.584. The molecule has 5 heteroatoms. The first-order valence-corrected chi connectivity index (χ1v) is 7.08. The minimum absolute atomic E-state index is 0.248. The van der Waals surface area contributed by atoms with Gasteiger partial charge in [-0.05, 0) is 24.5 Å². The number of methoxy groups -OCH3 is 2. The Morgan fingerprint density at radius 3 is 2.67 bits per heavy atom. The van der Waals surface area contributed by atoms with Crippen LogP contribution in [0.5, 0.6) is 11.5 Å². The van der Waals surface area contributed by atoms with Gasteiger partial charge in [-0.15, -0.1) is 0 Å². The lowest BCUT2D eigenvalue weighted by molar-refractivity contribution is -0.146.